The maximum atomic E-state index is 4.86. The molecule has 2 atom stereocenters. The first-order chi connectivity index (χ1) is 7.93. The summed E-state index contributed by atoms with van der Waals surface area (Å²) in [7, 11) is 0. The van der Waals surface area contributed by atoms with Crippen molar-refractivity contribution < 1.29 is 0 Å². The zero-order valence-electron chi connectivity index (χ0n) is 11.7. The number of rotatable bonds is 4. The molecule has 1 heterocycles. The summed E-state index contributed by atoms with van der Waals surface area (Å²) in [5.74, 6) is 3.55. The molecule has 1 rings (SSSR count). The van der Waals surface area contributed by atoms with E-state index in [1.165, 1.54) is 17.9 Å². The predicted molar refractivity (Wildman–Crippen MR) is 83.3 cm³/mol. The Morgan fingerprint density at radius 1 is 1.53 bits per heavy atom. The van der Waals surface area contributed by atoms with Crippen LogP contribution in [0.1, 0.15) is 41.0 Å². The summed E-state index contributed by atoms with van der Waals surface area (Å²) in [6, 6.07) is 0.988. The lowest BCUT2D eigenvalue weighted by Gasteiger charge is -2.31. The van der Waals surface area contributed by atoms with Crippen LogP contribution in [0, 0.1) is 5.41 Å². The van der Waals surface area contributed by atoms with Crippen LogP contribution in [0.5, 0.6) is 0 Å². The van der Waals surface area contributed by atoms with Gasteiger partial charge in [0.25, 0.3) is 0 Å². The highest BCUT2D eigenvalue weighted by molar-refractivity contribution is 8.13. The topological polar surface area (TPSA) is 24.4 Å². The lowest BCUT2D eigenvalue weighted by atomic mass is 9.85. The van der Waals surface area contributed by atoms with Crippen LogP contribution in [0.2, 0.25) is 0 Å². The summed E-state index contributed by atoms with van der Waals surface area (Å²) in [6.45, 7) is 11.3. The maximum absolute atomic E-state index is 4.86. The largest absolute Gasteiger partial charge is 0.362 e. The molecular formula is C13H26N2S2. The molecule has 0 aromatic carbocycles. The van der Waals surface area contributed by atoms with Crippen LogP contribution < -0.4 is 5.32 Å². The molecule has 0 aromatic rings. The van der Waals surface area contributed by atoms with Crippen LogP contribution in [-0.2, 0) is 0 Å². The molecule has 0 spiro atoms. The first kappa shape index (κ1) is 15.2. The molecule has 0 bridgehead atoms. The first-order valence-electron chi connectivity index (χ1n) is 6.48. The molecule has 0 saturated heterocycles. The lowest BCUT2D eigenvalue weighted by Crippen LogP contribution is -2.38. The van der Waals surface area contributed by atoms with Crippen LogP contribution in [0.4, 0.5) is 0 Å². The zero-order chi connectivity index (χ0) is 12.9. The molecule has 4 heteroatoms. The van der Waals surface area contributed by atoms with Gasteiger partial charge >= 0.3 is 0 Å². The van der Waals surface area contributed by atoms with Crippen molar-refractivity contribution in [3.63, 3.8) is 0 Å². The summed E-state index contributed by atoms with van der Waals surface area (Å²) in [6.07, 6.45) is 1.21. The Labute approximate surface area is 115 Å². The van der Waals surface area contributed by atoms with Gasteiger partial charge in [0.15, 0.2) is 5.17 Å². The molecule has 0 aliphatic carbocycles. The number of aliphatic imine (C=N–C) groups is 1. The molecule has 1 N–H and O–H groups in total. The van der Waals surface area contributed by atoms with Gasteiger partial charge in [-0.15, -0.1) is 0 Å². The number of hydrogen-bond acceptors (Lipinski definition) is 4. The van der Waals surface area contributed by atoms with E-state index in [1.54, 1.807) is 0 Å². The highest BCUT2D eigenvalue weighted by Crippen LogP contribution is 2.30. The fourth-order valence-electron chi connectivity index (χ4n) is 1.76. The highest BCUT2D eigenvalue weighted by Gasteiger charge is 2.27. The van der Waals surface area contributed by atoms with Crippen molar-refractivity contribution in [1.29, 1.82) is 0 Å². The minimum atomic E-state index is 0.287. The monoisotopic (exact) mass is 274 g/mol. The Morgan fingerprint density at radius 2 is 2.24 bits per heavy atom. The van der Waals surface area contributed by atoms with Gasteiger partial charge in [-0.25, -0.2) is 0 Å². The van der Waals surface area contributed by atoms with Crippen molar-refractivity contribution in [2.45, 2.75) is 53.1 Å². The molecular weight excluding hydrogens is 248 g/mol. The van der Waals surface area contributed by atoms with Crippen LogP contribution in [0.3, 0.4) is 0 Å². The van der Waals surface area contributed by atoms with Crippen LogP contribution in [0.25, 0.3) is 0 Å². The molecule has 0 radical (unpaired) electrons. The van der Waals surface area contributed by atoms with Gasteiger partial charge in [-0.2, -0.15) is 11.8 Å². The van der Waals surface area contributed by atoms with Crippen LogP contribution >= 0.6 is 23.5 Å². The Bertz CT molecular complexity index is 259. The van der Waals surface area contributed by atoms with E-state index in [0.29, 0.717) is 12.1 Å². The van der Waals surface area contributed by atoms with E-state index < -0.39 is 0 Å². The summed E-state index contributed by atoms with van der Waals surface area (Å²) in [4.78, 5) is 4.86. The Morgan fingerprint density at radius 3 is 2.82 bits per heavy atom. The smallest absolute Gasteiger partial charge is 0.157 e. The Hall–Kier alpha value is 0.170. The molecule has 100 valence electrons. The molecule has 0 amide bonds. The molecule has 1 aliphatic rings. The number of hydrogen-bond donors (Lipinski definition) is 1. The summed E-state index contributed by atoms with van der Waals surface area (Å²) in [5.41, 5.74) is 0.287. The van der Waals surface area contributed by atoms with Gasteiger partial charge in [0.05, 0.1) is 6.04 Å². The fraction of sp³-hybridized carbons (Fsp3) is 0.923. The standard InChI is InChI=1S/C13H26N2S2/c1-6-16-9-10(2)14-12-15-11(7-8-17-12)13(3,4)5/h10-11H,6-9H2,1-5H3,(H,14,15). The molecule has 2 unspecified atom stereocenters. The normalized spacial score (nSPS) is 23.1. The third-order valence-electron chi connectivity index (χ3n) is 2.84. The van der Waals surface area contributed by atoms with Crippen molar-refractivity contribution in [2.75, 3.05) is 17.3 Å². The number of nitrogens with zero attached hydrogens (tertiary/aromatic N) is 1. The van der Waals surface area contributed by atoms with Crippen molar-refractivity contribution >= 4 is 28.7 Å². The number of nitrogens with one attached hydrogen (secondary N) is 1. The average molecular weight is 274 g/mol. The molecule has 2 nitrogen and oxygen atoms in total. The highest BCUT2D eigenvalue weighted by atomic mass is 32.2. The molecule has 0 saturated carbocycles. The van der Waals surface area contributed by atoms with E-state index in [0.717, 1.165) is 10.9 Å². The van der Waals surface area contributed by atoms with E-state index in [4.69, 9.17) is 4.99 Å². The lowest BCUT2D eigenvalue weighted by molar-refractivity contribution is 0.315. The number of thioether (sulfide) groups is 2. The van der Waals surface area contributed by atoms with Gasteiger partial charge in [0, 0.05) is 17.5 Å². The van der Waals surface area contributed by atoms with E-state index in [1.807, 2.05) is 23.5 Å². The van der Waals surface area contributed by atoms with Gasteiger partial charge in [0.2, 0.25) is 0 Å². The Balaban J connectivity index is 2.50. The second kappa shape index (κ2) is 6.93. The van der Waals surface area contributed by atoms with Crippen molar-refractivity contribution in [3.05, 3.63) is 0 Å². The summed E-state index contributed by atoms with van der Waals surface area (Å²) >= 11 is 3.86. The quantitative estimate of drug-likeness (QED) is 0.847. The van der Waals surface area contributed by atoms with E-state index >= 15 is 0 Å². The summed E-state index contributed by atoms with van der Waals surface area (Å²) < 4.78 is 0. The predicted octanol–water partition coefficient (Wildman–Crippen LogP) is 3.63. The van der Waals surface area contributed by atoms with Crippen molar-refractivity contribution in [1.82, 2.24) is 5.32 Å². The SMILES string of the molecule is CCSCC(C)NC1=NC(C(C)(C)C)CCS1. The van der Waals surface area contributed by atoms with Gasteiger partial charge in [-0.3, -0.25) is 4.99 Å². The van der Waals surface area contributed by atoms with Crippen LogP contribution in [-0.4, -0.2) is 34.5 Å². The average Bonchev–Trinajstić information content (AvgIpc) is 2.25. The second-order valence-electron chi connectivity index (χ2n) is 5.66. The second-order valence-corrected chi connectivity index (χ2v) is 8.06. The first-order valence-corrected chi connectivity index (χ1v) is 8.62. The van der Waals surface area contributed by atoms with Crippen LogP contribution in [0.15, 0.2) is 4.99 Å². The van der Waals surface area contributed by atoms with Gasteiger partial charge in [-0.05, 0) is 24.5 Å². The third-order valence-corrected chi connectivity index (χ3v) is 4.93. The number of amidine groups is 1. The maximum Gasteiger partial charge on any atom is 0.157 e. The van der Waals surface area contributed by atoms with E-state index in [-0.39, 0.29) is 5.41 Å². The zero-order valence-corrected chi connectivity index (χ0v) is 13.4. The van der Waals surface area contributed by atoms with Gasteiger partial charge in [-0.1, -0.05) is 39.5 Å². The van der Waals surface area contributed by atoms with Gasteiger partial charge < -0.3 is 5.32 Å². The van der Waals surface area contributed by atoms with E-state index in [9.17, 15) is 0 Å². The minimum Gasteiger partial charge on any atom is -0.362 e. The van der Waals surface area contributed by atoms with E-state index in [2.05, 4.69) is 39.9 Å². The Kier molecular flexibility index (Phi) is 6.21. The van der Waals surface area contributed by atoms with Crippen molar-refractivity contribution in [3.8, 4) is 0 Å². The molecule has 1 aliphatic heterocycles. The molecule has 0 aromatic heterocycles. The van der Waals surface area contributed by atoms with Gasteiger partial charge in [0.1, 0.15) is 0 Å². The minimum absolute atomic E-state index is 0.287. The van der Waals surface area contributed by atoms with Crippen molar-refractivity contribution in [2.24, 2.45) is 10.4 Å². The fourth-order valence-corrected chi connectivity index (χ4v) is 3.46. The third kappa shape index (κ3) is 5.56. The molecule has 0 fully saturated rings. The molecule has 17 heavy (non-hydrogen) atoms. The summed E-state index contributed by atoms with van der Waals surface area (Å²) in [5, 5.41) is 4.70.